The summed E-state index contributed by atoms with van der Waals surface area (Å²) in [7, 11) is 2.06. The van der Waals surface area contributed by atoms with Gasteiger partial charge in [0.1, 0.15) is 5.75 Å². The van der Waals surface area contributed by atoms with E-state index in [-0.39, 0.29) is 0 Å². The van der Waals surface area contributed by atoms with Crippen LogP contribution in [0.15, 0.2) is 16.6 Å². The molecule has 0 aromatic heterocycles. The van der Waals surface area contributed by atoms with Gasteiger partial charge in [-0.25, -0.2) is 0 Å². The molecular weight excluding hydrogens is 277 g/mol. The third-order valence-corrected chi connectivity index (χ3v) is 2.88. The third-order valence-electron chi connectivity index (χ3n) is 2.08. The quantitative estimate of drug-likeness (QED) is 0.829. The molecule has 0 saturated heterocycles. The Morgan fingerprint density at radius 1 is 1.47 bits per heavy atom. The second kappa shape index (κ2) is 6.36. The van der Waals surface area contributed by atoms with Crippen LogP contribution in [0.5, 0.6) is 5.75 Å². The number of rotatable bonds is 5. The van der Waals surface area contributed by atoms with Gasteiger partial charge in [0.2, 0.25) is 0 Å². The Morgan fingerprint density at radius 2 is 2.20 bits per heavy atom. The van der Waals surface area contributed by atoms with Crippen molar-refractivity contribution >= 4 is 27.5 Å². The van der Waals surface area contributed by atoms with Crippen molar-refractivity contribution in [2.24, 2.45) is 0 Å². The normalized spacial score (nSPS) is 10.4. The van der Waals surface area contributed by atoms with Crippen LogP contribution < -0.4 is 10.1 Å². The highest BCUT2D eigenvalue weighted by molar-refractivity contribution is 9.10. The predicted molar refractivity (Wildman–Crippen MR) is 66.7 cm³/mol. The molecule has 1 aromatic carbocycles. The second-order valence-electron chi connectivity index (χ2n) is 3.43. The highest BCUT2D eigenvalue weighted by Crippen LogP contribution is 2.32. The maximum Gasteiger partial charge on any atom is 0.136 e. The van der Waals surface area contributed by atoms with Crippen LogP contribution >= 0.6 is 27.5 Å². The average Bonchev–Trinajstić information content (AvgIpc) is 2.15. The number of quaternary nitrogens is 1. The first kappa shape index (κ1) is 12.8. The van der Waals surface area contributed by atoms with E-state index in [1.54, 1.807) is 0 Å². The largest absolute Gasteiger partial charge is 0.492 e. The van der Waals surface area contributed by atoms with Gasteiger partial charge in [0, 0.05) is 11.4 Å². The van der Waals surface area contributed by atoms with E-state index in [9.17, 15) is 0 Å². The summed E-state index contributed by atoms with van der Waals surface area (Å²) in [6.07, 6.45) is 1.05. The summed E-state index contributed by atoms with van der Waals surface area (Å²) in [5.74, 6) is 0.899. The second-order valence-corrected chi connectivity index (χ2v) is 4.72. The molecule has 4 heteroatoms. The molecule has 0 fully saturated rings. The average molecular weight is 294 g/mol. The van der Waals surface area contributed by atoms with Gasteiger partial charge in [0.15, 0.2) is 0 Å². The SMILES string of the molecule is C[NH2+]CCCOc1c(C)cc(Cl)cc1Br. The lowest BCUT2D eigenvalue weighted by molar-refractivity contribution is -0.627. The number of nitrogens with two attached hydrogens (primary N) is 1. The van der Waals surface area contributed by atoms with Crippen molar-refractivity contribution in [3.8, 4) is 5.75 Å². The van der Waals surface area contributed by atoms with E-state index in [2.05, 4.69) is 28.3 Å². The maximum atomic E-state index is 5.92. The molecule has 15 heavy (non-hydrogen) atoms. The van der Waals surface area contributed by atoms with Gasteiger partial charge in [-0.1, -0.05) is 11.6 Å². The van der Waals surface area contributed by atoms with Crippen LogP contribution in [-0.4, -0.2) is 20.2 Å². The van der Waals surface area contributed by atoms with Gasteiger partial charge in [-0.2, -0.15) is 0 Å². The zero-order valence-electron chi connectivity index (χ0n) is 9.02. The standard InChI is InChI=1S/C11H15BrClNO/c1-8-6-9(13)7-10(12)11(8)15-5-3-4-14-2/h6-7,14H,3-5H2,1-2H3/p+1. The van der Waals surface area contributed by atoms with Gasteiger partial charge in [-0.15, -0.1) is 0 Å². The molecule has 1 aromatic rings. The lowest BCUT2D eigenvalue weighted by atomic mass is 10.2. The summed E-state index contributed by atoms with van der Waals surface area (Å²) < 4.78 is 6.62. The van der Waals surface area contributed by atoms with Crippen molar-refractivity contribution in [1.82, 2.24) is 0 Å². The minimum atomic E-state index is 0.730. The molecule has 2 nitrogen and oxygen atoms in total. The molecule has 0 amide bonds. The summed E-state index contributed by atoms with van der Waals surface area (Å²) in [5.41, 5.74) is 1.06. The molecule has 0 unspecified atom stereocenters. The molecule has 0 spiro atoms. The van der Waals surface area contributed by atoms with Crippen molar-refractivity contribution in [1.29, 1.82) is 0 Å². The molecule has 0 radical (unpaired) electrons. The van der Waals surface area contributed by atoms with E-state index in [1.165, 1.54) is 0 Å². The molecular formula is C11H16BrClNO+. The van der Waals surface area contributed by atoms with E-state index in [0.29, 0.717) is 0 Å². The monoisotopic (exact) mass is 292 g/mol. The Kier molecular flexibility index (Phi) is 5.43. The fourth-order valence-corrected chi connectivity index (χ4v) is 2.41. The molecule has 0 aliphatic rings. The van der Waals surface area contributed by atoms with Crippen LogP contribution in [-0.2, 0) is 0 Å². The summed E-state index contributed by atoms with van der Waals surface area (Å²) in [6, 6.07) is 3.77. The van der Waals surface area contributed by atoms with Gasteiger partial charge >= 0.3 is 0 Å². The topological polar surface area (TPSA) is 25.8 Å². The smallest absolute Gasteiger partial charge is 0.136 e. The van der Waals surface area contributed by atoms with Crippen LogP contribution in [0.3, 0.4) is 0 Å². The lowest BCUT2D eigenvalue weighted by Crippen LogP contribution is -2.79. The Balaban J connectivity index is 2.60. The van der Waals surface area contributed by atoms with Crippen molar-refractivity contribution in [2.75, 3.05) is 20.2 Å². The zero-order chi connectivity index (χ0) is 11.3. The molecule has 0 aliphatic heterocycles. The van der Waals surface area contributed by atoms with E-state index in [0.717, 1.165) is 40.4 Å². The fourth-order valence-electron chi connectivity index (χ4n) is 1.33. The van der Waals surface area contributed by atoms with E-state index < -0.39 is 0 Å². The number of hydrogen-bond donors (Lipinski definition) is 1. The first-order valence-electron chi connectivity index (χ1n) is 5.01. The lowest BCUT2D eigenvalue weighted by Gasteiger charge is -2.10. The van der Waals surface area contributed by atoms with E-state index >= 15 is 0 Å². The van der Waals surface area contributed by atoms with E-state index in [1.807, 2.05) is 19.1 Å². The minimum absolute atomic E-state index is 0.730. The minimum Gasteiger partial charge on any atom is -0.492 e. The highest BCUT2D eigenvalue weighted by Gasteiger charge is 2.06. The van der Waals surface area contributed by atoms with Crippen LogP contribution in [0.2, 0.25) is 5.02 Å². The molecule has 2 N–H and O–H groups in total. The summed E-state index contributed by atoms with van der Waals surface area (Å²) >= 11 is 9.37. The van der Waals surface area contributed by atoms with Gasteiger partial charge in [0.05, 0.1) is 24.7 Å². The Morgan fingerprint density at radius 3 is 2.80 bits per heavy atom. The van der Waals surface area contributed by atoms with E-state index in [4.69, 9.17) is 16.3 Å². The van der Waals surface area contributed by atoms with Crippen molar-refractivity contribution in [2.45, 2.75) is 13.3 Å². The third kappa shape index (κ3) is 4.01. The molecule has 0 bridgehead atoms. The fraction of sp³-hybridized carbons (Fsp3) is 0.455. The number of hydrogen-bond acceptors (Lipinski definition) is 1. The molecule has 84 valence electrons. The van der Waals surface area contributed by atoms with Gasteiger partial charge in [-0.3, -0.25) is 0 Å². The Hall–Kier alpha value is -0.250. The van der Waals surface area contributed by atoms with Gasteiger partial charge in [0.25, 0.3) is 0 Å². The Labute approximate surface area is 104 Å². The van der Waals surface area contributed by atoms with Gasteiger partial charge < -0.3 is 10.1 Å². The highest BCUT2D eigenvalue weighted by atomic mass is 79.9. The first-order valence-corrected chi connectivity index (χ1v) is 6.18. The van der Waals surface area contributed by atoms with Crippen LogP contribution in [0.25, 0.3) is 0 Å². The predicted octanol–water partition coefficient (Wildman–Crippen LogP) is 2.37. The van der Waals surface area contributed by atoms with Crippen molar-refractivity contribution in [3.05, 3.63) is 27.2 Å². The summed E-state index contributed by atoms with van der Waals surface area (Å²) in [4.78, 5) is 0. The summed E-state index contributed by atoms with van der Waals surface area (Å²) in [6.45, 7) is 3.83. The van der Waals surface area contributed by atoms with Crippen LogP contribution in [0.4, 0.5) is 0 Å². The van der Waals surface area contributed by atoms with Crippen LogP contribution in [0.1, 0.15) is 12.0 Å². The van der Waals surface area contributed by atoms with Crippen molar-refractivity contribution < 1.29 is 10.1 Å². The number of ether oxygens (including phenoxy) is 1. The summed E-state index contributed by atoms with van der Waals surface area (Å²) in [5, 5.41) is 2.88. The van der Waals surface area contributed by atoms with Crippen LogP contribution in [0, 0.1) is 6.92 Å². The molecule has 0 heterocycles. The number of halogens is 2. The molecule has 1 rings (SSSR count). The first-order chi connectivity index (χ1) is 7.15. The number of aryl methyl sites for hydroxylation is 1. The van der Waals surface area contributed by atoms with Crippen molar-refractivity contribution in [3.63, 3.8) is 0 Å². The van der Waals surface area contributed by atoms with Gasteiger partial charge in [-0.05, 0) is 40.5 Å². The molecule has 0 saturated carbocycles. The molecule has 0 atom stereocenters. The zero-order valence-corrected chi connectivity index (χ0v) is 11.4. The Bertz CT molecular complexity index is 307. The maximum absolute atomic E-state index is 5.92. The molecule has 0 aliphatic carbocycles. The number of benzene rings is 1.